The summed E-state index contributed by atoms with van der Waals surface area (Å²) in [5.41, 5.74) is 2.42. The van der Waals surface area contributed by atoms with Crippen LogP contribution < -0.4 is 10.9 Å². The van der Waals surface area contributed by atoms with E-state index in [1.54, 1.807) is 22.9 Å². The van der Waals surface area contributed by atoms with E-state index in [0.717, 1.165) is 22.3 Å². The Labute approximate surface area is 160 Å². The van der Waals surface area contributed by atoms with Gasteiger partial charge >= 0.3 is 0 Å². The fourth-order valence-electron chi connectivity index (χ4n) is 2.97. The van der Waals surface area contributed by atoms with E-state index in [0.29, 0.717) is 23.9 Å². The SMILES string of the molecule is Cc1ccc(Cn2c(=O)c(C(=O)NC3=NCCS3)cc3cccnc32)cc1. The lowest BCUT2D eigenvalue weighted by Gasteiger charge is -2.12. The lowest BCUT2D eigenvalue weighted by Crippen LogP contribution is -2.35. The Morgan fingerprint density at radius 3 is 2.81 bits per heavy atom. The largest absolute Gasteiger partial charge is 0.301 e. The number of nitrogens with zero attached hydrogens (tertiary/aromatic N) is 3. The van der Waals surface area contributed by atoms with Crippen molar-refractivity contribution in [2.24, 2.45) is 4.99 Å². The van der Waals surface area contributed by atoms with Crippen molar-refractivity contribution >= 4 is 33.9 Å². The Morgan fingerprint density at radius 2 is 2.07 bits per heavy atom. The number of pyridine rings is 2. The highest BCUT2D eigenvalue weighted by Gasteiger charge is 2.19. The van der Waals surface area contributed by atoms with Gasteiger partial charge in [0.05, 0.1) is 13.1 Å². The van der Waals surface area contributed by atoms with E-state index in [2.05, 4.69) is 15.3 Å². The minimum absolute atomic E-state index is 0.0952. The highest BCUT2D eigenvalue weighted by Crippen LogP contribution is 2.14. The lowest BCUT2D eigenvalue weighted by molar-refractivity contribution is 0.0976. The molecule has 0 saturated heterocycles. The van der Waals surface area contributed by atoms with Gasteiger partial charge in [-0.15, -0.1) is 0 Å². The number of benzene rings is 1. The van der Waals surface area contributed by atoms with Gasteiger partial charge in [0.2, 0.25) is 0 Å². The molecule has 27 heavy (non-hydrogen) atoms. The van der Waals surface area contributed by atoms with Crippen molar-refractivity contribution in [3.63, 3.8) is 0 Å². The third kappa shape index (κ3) is 3.64. The van der Waals surface area contributed by atoms with E-state index in [9.17, 15) is 9.59 Å². The van der Waals surface area contributed by atoms with E-state index in [4.69, 9.17) is 0 Å². The maximum atomic E-state index is 13.1. The van der Waals surface area contributed by atoms with Crippen LogP contribution in [0.15, 0.2) is 58.4 Å². The van der Waals surface area contributed by atoms with Crippen LogP contribution in [0.5, 0.6) is 0 Å². The fraction of sp³-hybridized carbons (Fsp3) is 0.200. The number of hydrogen-bond acceptors (Lipinski definition) is 5. The second kappa shape index (κ2) is 7.36. The number of hydrogen-bond donors (Lipinski definition) is 1. The molecule has 4 rings (SSSR count). The predicted molar refractivity (Wildman–Crippen MR) is 109 cm³/mol. The number of aryl methyl sites for hydroxylation is 1. The number of amidine groups is 1. The number of carbonyl (C=O) groups is 1. The molecule has 3 aromatic rings. The number of aromatic nitrogens is 2. The van der Waals surface area contributed by atoms with E-state index < -0.39 is 5.91 Å². The van der Waals surface area contributed by atoms with Crippen LogP contribution in [0.4, 0.5) is 0 Å². The molecule has 0 atom stereocenters. The second-order valence-electron chi connectivity index (χ2n) is 6.34. The molecule has 3 heterocycles. The van der Waals surface area contributed by atoms with Crippen molar-refractivity contribution in [2.75, 3.05) is 12.3 Å². The Morgan fingerprint density at radius 1 is 1.26 bits per heavy atom. The lowest BCUT2D eigenvalue weighted by atomic mass is 10.1. The van der Waals surface area contributed by atoms with Gasteiger partial charge in [-0.2, -0.15) is 0 Å². The van der Waals surface area contributed by atoms with Gasteiger partial charge in [-0.1, -0.05) is 41.6 Å². The number of fused-ring (bicyclic) bond motifs is 1. The van der Waals surface area contributed by atoms with Crippen molar-refractivity contribution in [1.82, 2.24) is 14.9 Å². The first-order valence-corrected chi connectivity index (χ1v) is 9.63. The Hall–Kier alpha value is -2.93. The van der Waals surface area contributed by atoms with Crippen LogP contribution in [0.3, 0.4) is 0 Å². The predicted octanol–water partition coefficient (Wildman–Crippen LogP) is 2.59. The van der Waals surface area contributed by atoms with Crippen LogP contribution in [0.2, 0.25) is 0 Å². The molecule has 0 saturated carbocycles. The number of thioether (sulfide) groups is 1. The molecule has 1 N–H and O–H groups in total. The molecular weight excluding hydrogens is 360 g/mol. The first-order valence-electron chi connectivity index (χ1n) is 8.64. The summed E-state index contributed by atoms with van der Waals surface area (Å²) in [6, 6.07) is 13.2. The number of nitrogens with one attached hydrogen (secondary N) is 1. The number of aliphatic imine (C=N–C) groups is 1. The standard InChI is InChI=1S/C20H18N4O2S/c1-13-4-6-14(7-5-13)12-24-17-15(3-2-8-21-17)11-16(19(24)26)18(25)23-20-22-9-10-27-20/h2-8,11H,9-10,12H2,1H3,(H,22,23,25). The molecule has 0 radical (unpaired) electrons. The summed E-state index contributed by atoms with van der Waals surface area (Å²) in [5.74, 6) is 0.408. The minimum atomic E-state index is -0.434. The molecule has 0 unspecified atom stereocenters. The van der Waals surface area contributed by atoms with Gasteiger partial charge in [0.1, 0.15) is 11.2 Å². The molecule has 1 aliphatic heterocycles. The number of rotatable bonds is 3. The van der Waals surface area contributed by atoms with Crippen LogP contribution in [0.25, 0.3) is 11.0 Å². The summed E-state index contributed by atoms with van der Waals surface area (Å²) in [5, 5.41) is 4.05. The van der Waals surface area contributed by atoms with Crippen molar-refractivity contribution < 1.29 is 4.79 Å². The normalized spacial score (nSPS) is 13.6. The average Bonchev–Trinajstić information content (AvgIpc) is 3.18. The molecular formula is C20H18N4O2S. The van der Waals surface area contributed by atoms with Gasteiger partial charge in [-0.25, -0.2) is 4.98 Å². The summed E-state index contributed by atoms with van der Waals surface area (Å²) in [6.07, 6.45) is 1.65. The zero-order chi connectivity index (χ0) is 18.8. The molecule has 2 aromatic heterocycles. The van der Waals surface area contributed by atoms with E-state index in [1.165, 1.54) is 11.8 Å². The monoisotopic (exact) mass is 378 g/mol. The van der Waals surface area contributed by atoms with Gasteiger partial charge in [0, 0.05) is 17.3 Å². The molecule has 0 spiro atoms. The van der Waals surface area contributed by atoms with Gasteiger partial charge < -0.3 is 5.32 Å². The summed E-state index contributed by atoms with van der Waals surface area (Å²) in [4.78, 5) is 34.3. The second-order valence-corrected chi connectivity index (χ2v) is 7.42. The van der Waals surface area contributed by atoms with Gasteiger partial charge in [0.15, 0.2) is 5.17 Å². The van der Waals surface area contributed by atoms with E-state index >= 15 is 0 Å². The number of carbonyl (C=O) groups excluding carboxylic acids is 1. The van der Waals surface area contributed by atoms with Crippen molar-refractivity contribution in [3.05, 3.63) is 75.7 Å². The maximum absolute atomic E-state index is 13.1. The third-order valence-corrected chi connectivity index (χ3v) is 5.25. The van der Waals surface area contributed by atoms with Crippen LogP contribution in [0.1, 0.15) is 21.5 Å². The zero-order valence-electron chi connectivity index (χ0n) is 14.8. The average molecular weight is 378 g/mol. The van der Waals surface area contributed by atoms with Crippen LogP contribution in [0, 0.1) is 6.92 Å². The van der Waals surface area contributed by atoms with Crippen LogP contribution in [-0.4, -0.2) is 32.9 Å². The molecule has 6 nitrogen and oxygen atoms in total. The molecule has 0 bridgehead atoms. The third-order valence-electron chi connectivity index (χ3n) is 4.36. The Bertz CT molecular complexity index is 1100. The molecule has 1 aliphatic rings. The highest BCUT2D eigenvalue weighted by atomic mass is 32.2. The molecule has 1 amide bonds. The minimum Gasteiger partial charge on any atom is -0.301 e. The molecule has 1 aromatic carbocycles. The van der Waals surface area contributed by atoms with Gasteiger partial charge in [-0.05, 0) is 30.7 Å². The maximum Gasteiger partial charge on any atom is 0.265 e. The summed E-state index contributed by atoms with van der Waals surface area (Å²) in [7, 11) is 0. The molecule has 136 valence electrons. The van der Waals surface area contributed by atoms with Crippen molar-refractivity contribution in [3.8, 4) is 0 Å². The summed E-state index contributed by atoms with van der Waals surface area (Å²) in [6.45, 7) is 3.05. The van der Waals surface area contributed by atoms with Crippen molar-refractivity contribution in [1.29, 1.82) is 0 Å². The first kappa shape index (κ1) is 17.5. The van der Waals surface area contributed by atoms with Gasteiger partial charge in [0.25, 0.3) is 11.5 Å². The van der Waals surface area contributed by atoms with Crippen LogP contribution in [-0.2, 0) is 6.54 Å². The van der Waals surface area contributed by atoms with E-state index in [-0.39, 0.29) is 11.1 Å². The molecule has 7 heteroatoms. The van der Waals surface area contributed by atoms with Crippen molar-refractivity contribution in [2.45, 2.75) is 13.5 Å². The van der Waals surface area contributed by atoms with E-state index in [1.807, 2.05) is 37.3 Å². The van der Waals surface area contributed by atoms with Crippen LogP contribution >= 0.6 is 11.8 Å². The molecule has 0 aliphatic carbocycles. The summed E-state index contributed by atoms with van der Waals surface area (Å²) >= 11 is 1.48. The highest BCUT2D eigenvalue weighted by molar-refractivity contribution is 8.14. The topological polar surface area (TPSA) is 76.3 Å². The Kier molecular flexibility index (Phi) is 4.77. The quantitative estimate of drug-likeness (QED) is 0.760. The summed E-state index contributed by atoms with van der Waals surface area (Å²) < 4.78 is 1.55. The fourth-order valence-corrected chi connectivity index (χ4v) is 3.69. The smallest absolute Gasteiger partial charge is 0.265 e. The van der Waals surface area contributed by atoms with Gasteiger partial charge in [-0.3, -0.25) is 19.1 Å². The zero-order valence-corrected chi connectivity index (χ0v) is 15.6. The first-order chi connectivity index (χ1) is 13.1. The number of amides is 1. The Balaban J connectivity index is 1.78. The molecule has 0 fully saturated rings.